The summed E-state index contributed by atoms with van der Waals surface area (Å²) in [5.74, 6) is -1.15. The molecule has 0 fully saturated rings. The molecule has 0 aliphatic rings. The first-order valence-electron chi connectivity index (χ1n) is 8.31. The Hall–Kier alpha value is -3.35. The molecule has 0 saturated heterocycles. The molecule has 3 rings (SSSR count). The van der Waals surface area contributed by atoms with Gasteiger partial charge in [-0.3, -0.25) is 14.3 Å². The molecule has 7 nitrogen and oxygen atoms in total. The Labute approximate surface area is 150 Å². The van der Waals surface area contributed by atoms with Gasteiger partial charge in [0.1, 0.15) is 0 Å². The van der Waals surface area contributed by atoms with E-state index in [-0.39, 0.29) is 24.9 Å². The monoisotopic (exact) mass is 352 g/mol. The fourth-order valence-corrected chi connectivity index (χ4v) is 2.64. The van der Waals surface area contributed by atoms with Crippen LogP contribution in [0.3, 0.4) is 0 Å². The van der Waals surface area contributed by atoms with Crippen LogP contribution < -0.4 is 5.32 Å². The maximum atomic E-state index is 12.4. The summed E-state index contributed by atoms with van der Waals surface area (Å²) in [6.45, 7) is 2.15. The molecule has 7 heteroatoms. The minimum absolute atomic E-state index is 0.0364. The van der Waals surface area contributed by atoms with Crippen LogP contribution in [-0.4, -0.2) is 31.3 Å². The van der Waals surface area contributed by atoms with Crippen LogP contribution in [0.25, 0.3) is 5.69 Å². The van der Waals surface area contributed by atoms with Crippen molar-refractivity contribution < 1.29 is 14.7 Å². The van der Waals surface area contributed by atoms with Crippen LogP contribution >= 0.6 is 0 Å². The molecule has 0 bridgehead atoms. The number of carboxylic acid groups (broad SMARTS) is 1. The molecular weight excluding hydrogens is 332 g/mol. The van der Waals surface area contributed by atoms with Crippen molar-refractivity contribution in [1.29, 1.82) is 0 Å². The molecule has 0 saturated carbocycles. The number of aryl methyl sites for hydroxylation is 1. The predicted molar refractivity (Wildman–Crippen MR) is 96.1 cm³/mol. The molecule has 1 aromatic carbocycles. The third kappa shape index (κ3) is 4.18. The summed E-state index contributed by atoms with van der Waals surface area (Å²) >= 11 is 0. The second-order valence-corrected chi connectivity index (χ2v) is 6.02. The summed E-state index contributed by atoms with van der Waals surface area (Å²) in [5, 5.41) is 15.7. The van der Waals surface area contributed by atoms with Gasteiger partial charge >= 0.3 is 5.97 Å². The van der Waals surface area contributed by atoms with Gasteiger partial charge in [-0.2, -0.15) is 5.10 Å². The van der Waals surface area contributed by atoms with E-state index in [9.17, 15) is 9.59 Å². The zero-order valence-corrected chi connectivity index (χ0v) is 14.4. The van der Waals surface area contributed by atoms with Crippen molar-refractivity contribution in [2.24, 2.45) is 0 Å². The van der Waals surface area contributed by atoms with Crippen LogP contribution in [0.15, 0.2) is 61.2 Å². The van der Waals surface area contributed by atoms with Crippen molar-refractivity contribution >= 4 is 11.9 Å². The molecular formula is C19H20N4O3. The largest absolute Gasteiger partial charge is 0.481 e. The van der Waals surface area contributed by atoms with Gasteiger partial charge in [0.05, 0.1) is 30.8 Å². The SMILES string of the molecule is CC(NC(=O)c1cnn(CCC(=O)O)c1)c1cccc(-n2cccc2)c1. The number of benzene rings is 1. The Morgan fingerprint density at radius 1 is 1.23 bits per heavy atom. The van der Waals surface area contributed by atoms with Gasteiger partial charge in [0.15, 0.2) is 0 Å². The van der Waals surface area contributed by atoms with Crippen molar-refractivity contribution in [2.75, 3.05) is 0 Å². The summed E-state index contributed by atoms with van der Waals surface area (Å²) in [6.07, 6.45) is 6.90. The maximum absolute atomic E-state index is 12.4. The molecule has 0 aliphatic heterocycles. The summed E-state index contributed by atoms with van der Waals surface area (Å²) in [6, 6.07) is 11.7. The third-order valence-electron chi connectivity index (χ3n) is 4.07. The highest BCUT2D eigenvalue weighted by molar-refractivity contribution is 5.93. The summed E-state index contributed by atoms with van der Waals surface area (Å²) in [7, 11) is 0. The van der Waals surface area contributed by atoms with E-state index in [4.69, 9.17) is 5.11 Å². The molecule has 2 heterocycles. The molecule has 1 unspecified atom stereocenters. The first kappa shape index (κ1) is 17.5. The zero-order chi connectivity index (χ0) is 18.5. The smallest absolute Gasteiger partial charge is 0.305 e. The van der Waals surface area contributed by atoms with Crippen LogP contribution in [0, 0.1) is 0 Å². The van der Waals surface area contributed by atoms with Gasteiger partial charge in [-0.05, 0) is 36.8 Å². The Morgan fingerprint density at radius 2 is 2.00 bits per heavy atom. The number of carbonyl (C=O) groups excluding carboxylic acids is 1. The molecule has 26 heavy (non-hydrogen) atoms. The van der Waals surface area contributed by atoms with Crippen molar-refractivity contribution in [3.63, 3.8) is 0 Å². The number of hydrogen-bond donors (Lipinski definition) is 2. The number of aliphatic carboxylic acids is 1. The second-order valence-electron chi connectivity index (χ2n) is 6.02. The first-order chi connectivity index (χ1) is 12.5. The van der Waals surface area contributed by atoms with Crippen LogP contribution in [0.4, 0.5) is 0 Å². The quantitative estimate of drug-likeness (QED) is 0.684. The molecule has 2 N–H and O–H groups in total. The Morgan fingerprint density at radius 3 is 2.73 bits per heavy atom. The van der Waals surface area contributed by atoms with Gasteiger partial charge in [-0.15, -0.1) is 0 Å². The van der Waals surface area contributed by atoms with Crippen LogP contribution in [0.1, 0.15) is 35.3 Å². The lowest BCUT2D eigenvalue weighted by Crippen LogP contribution is -2.26. The Kier molecular flexibility index (Phi) is 5.17. The van der Waals surface area contributed by atoms with Gasteiger partial charge in [-0.25, -0.2) is 0 Å². The maximum Gasteiger partial charge on any atom is 0.305 e. The number of amides is 1. The molecule has 0 aliphatic carbocycles. The molecule has 134 valence electrons. The molecule has 1 atom stereocenters. The predicted octanol–water partition coefficient (Wildman–Crippen LogP) is 2.64. The minimum atomic E-state index is -0.900. The van der Waals surface area contributed by atoms with Gasteiger partial charge in [0.2, 0.25) is 0 Å². The first-order valence-corrected chi connectivity index (χ1v) is 8.31. The highest BCUT2D eigenvalue weighted by atomic mass is 16.4. The number of nitrogens with zero attached hydrogens (tertiary/aromatic N) is 3. The highest BCUT2D eigenvalue weighted by Crippen LogP contribution is 2.17. The average Bonchev–Trinajstić information content (AvgIpc) is 3.32. The number of nitrogens with one attached hydrogen (secondary N) is 1. The van der Waals surface area contributed by atoms with Crippen LogP contribution in [0.5, 0.6) is 0 Å². The standard InChI is InChI=1S/C19H20N4O3/c1-14(15-5-4-6-17(11-15)22-8-2-3-9-22)21-19(26)16-12-20-23(13-16)10-7-18(24)25/h2-6,8-9,11-14H,7,10H2,1H3,(H,21,26)(H,24,25). The van der Waals surface area contributed by atoms with Crippen molar-refractivity contribution in [3.8, 4) is 5.69 Å². The molecule has 0 spiro atoms. The summed E-state index contributed by atoms with van der Waals surface area (Å²) < 4.78 is 3.46. The van der Waals surface area contributed by atoms with E-state index in [1.807, 2.05) is 60.3 Å². The lowest BCUT2D eigenvalue weighted by Gasteiger charge is -2.15. The van der Waals surface area contributed by atoms with E-state index in [1.165, 1.54) is 10.9 Å². The lowest BCUT2D eigenvalue weighted by atomic mass is 10.1. The minimum Gasteiger partial charge on any atom is -0.481 e. The van der Waals surface area contributed by atoms with Crippen molar-refractivity contribution in [1.82, 2.24) is 19.7 Å². The van der Waals surface area contributed by atoms with Crippen molar-refractivity contribution in [2.45, 2.75) is 25.9 Å². The fraction of sp³-hybridized carbons (Fsp3) is 0.211. The topological polar surface area (TPSA) is 89.2 Å². The second kappa shape index (κ2) is 7.69. The highest BCUT2D eigenvalue weighted by Gasteiger charge is 2.14. The van der Waals surface area contributed by atoms with E-state index >= 15 is 0 Å². The third-order valence-corrected chi connectivity index (χ3v) is 4.07. The van der Waals surface area contributed by atoms with Gasteiger partial charge in [0.25, 0.3) is 5.91 Å². The fourth-order valence-electron chi connectivity index (χ4n) is 2.64. The summed E-state index contributed by atoms with van der Waals surface area (Å²) in [4.78, 5) is 23.0. The number of carboxylic acids is 1. The molecule has 1 amide bonds. The number of aromatic nitrogens is 3. The number of rotatable bonds is 7. The Bertz CT molecular complexity index is 899. The van der Waals surface area contributed by atoms with E-state index in [0.29, 0.717) is 5.56 Å². The van der Waals surface area contributed by atoms with Gasteiger partial charge in [-0.1, -0.05) is 12.1 Å². The normalized spacial score (nSPS) is 11.9. The van der Waals surface area contributed by atoms with Crippen LogP contribution in [-0.2, 0) is 11.3 Å². The van der Waals surface area contributed by atoms with Gasteiger partial charge in [0, 0.05) is 24.3 Å². The average molecular weight is 352 g/mol. The summed E-state index contributed by atoms with van der Waals surface area (Å²) in [5.41, 5.74) is 2.42. The van der Waals surface area contributed by atoms with Gasteiger partial charge < -0.3 is 15.0 Å². The van der Waals surface area contributed by atoms with E-state index in [1.54, 1.807) is 6.20 Å². The van der Waals surface area contributed by atoms with Crippen LogP contribution in [0.2, 0.25) is 0 Å². The number of hydrogen-bond acceptors (Lipinski definition) is 3. The lowest BCUT2D eigenvalue weighted by molar-refractivity contribution is -0.137. The zero-order valence-electron chi connectivity index (χ0n) is 14.4. The number of carbonyl (C=O) groups is 2. The van der Waals surface area contributed by atoms with E-state index < -0.39 is 5.97 Å². The molecule has 3 aromatic rings. The van der Waals surface area contributed by atoms with E-state index in [0.717, 1.165) is 11.3 Å². The van der Waals surface area contributed by atoms with Crippen molar-refractivity contribution in [3.05, 3.63) is 72.3 Å². The molecule has 2 aromatic heterocycles. The Balaban J connectivity index is 1.66. The molecule has 0 radical (unpaired) electrons. The van der Waals surface area contributed by atoms with E-state index in [2.05, 4.69) is 10.4 Å².